The van der Waals surface area contributed by atoms with E-state index in [9.17, 15) is 0 Å². The van der Waals surface area contributed by atoms with E-state index in [1.54, 1.807) is 0 Å². The standard InChI is InChI=1S/C48H41N/c1-47(2)45-29-27-38(36-19-14-18-35(30-36)34-16-8-5-9-17-34)32-44(45)43-28-26-39(33-46(43)48(47,3)4)37-20-15-25-42(31-37)49(40-21-10-6-11-22-40)41-23-12-7-13-24-41/h5-33H,1-4H3. The van der Waals surface area contributed by atoms with Gasteiger partial charge in [-0.15, -0.1) is 0 Å². The third kappa shape index (κ3) is 5.36. The molecule has 1 nitrogen and oxygen atoms in total. The van der Waals surface area contributed by atoms with Crippen LogP contribution >= 0.6 is 0 Å². The molecule has 0 atom stereocenters. The molecule has 0 heterocycles. The van der Waals surface area contributed by atoms with Gasteiger partial charge < -0.3 is 4.90 Å². The van der Waals surface area contributed by atoms with Gasteiger partial charge in [0.25, 0.3) is 0 Å². The lowest BCUT2D eigenvalue weighted by atomic mass is 9.55. The molecule has 7 aromatic rings. The number of hydrogen-bond acceptors (Lipinski definition) is 1. The summed E-state index contributed by atoms with van der Waals surface area (Å²) in [5.74, 6) is 0. The van der Waals surface area contributed by atoms with Gasteiger partial charge in [0.2, 0.25) is 0 Å². The van der Waals surface area contributed by atoms with Gasteiger partial charge in [0.05, 0.1) is 0 Å². The maximum Gasteiger partial charge on any atom is 0.0467 e. The molecular formula is C48H41N. The van der Waals surface area contributed by atoms with Crippen LogP contribution in [0.2, 0.25) is 0 Å². The van der Waals surface area contributed by atoms with E-state index in [0.717, 1.165) is 17.1 Å². The minimum Gasteiger partial charge on any atom is -0.310 e. The second-order valence-corrected chi connectivity index (χ2v) is 14.3. The van der Waals surface area contributed by atoms with Gasteiger partial charge in [0.15, 0.2) is 0 Å². The van der Waals surface area contributed by atoms with Crippen LogP contribution in [-0.4, -0.2) is 0 Å². The second kappa shape index (κ2) is 12.1. The lowest BCUT2D eigenvalue weighted by Gasteiger charge is -2.48. The van der Waals surface area contributed by atoms with E-state index in [1.807, 2.05) is 0 Å². The van der Waals surface area contributed by atoms with Gasteiger partial charge in [-0.05, 0) is 121 Å². The normalized spacial score (nSPS) is 14.0. The van der Waals surface area contributed by atoms with Crippen LogP contribution in [0.3, 0.4) is 0 Å². The van der Waals surface area contributed by atoms with E-state index >= 15 is 0 Å². The van der Waals surface area contributed by atoms with Gasteiger partial charge in [-0.2, -0.15) is 0 Å². The second-order valence-electron chi connectivity index (χ2n) is 14.3. The minimum atomic E-state index is -0.0855. The molecule has 1 aliphatic rings. The number of fused-ring (bicyclic) bond motifs is 3. The number of nitrogens with zero attached hydrogens (tertiary/aromatic N) is 1. The Hall–Kier alpha value is -5.66. The SMILES string of the molecule is CC1(C)c2ccc(-c3cccc(-c4ccccc4)c3)cc2-c2ccc(-c3cccc(N(c4ccccc4)c4ccccc4)c3)cc2C1(C)C. The molecule has 0 aromatic heterocycles. The summed E-state index contributed by atoms with van der Waals surface area (Å²) in [4.78, 5) is 2.33. The fourth-order valence-electron chi connectivity index (χ4n) is 7.58. The zero-order valence-corrected chi connectivity index (χ0v) is 28.7. The molecule has 0 saturated carbocycles. The summed E-state index contributed by atoms with van der Waals surface area (Å²) in [5.41, 5.74) is 16.1. The van der Waals surface area contributed by atoms with Crippen molar-refractivity contribution in [1.29, 1.82) is 0 Å². The van der Waals surface area contributed by atoms with Crippen molar-refractivity contribution < 1.29 is 0 Å². The van der Waals surface area contributed by atoms with Crippen molar-refractivity contribution in [3.63, 3.8) is 0 Å². The Morgan fingerprint density at radius 1 is 0.306 bits per heavy atom. The zero-order valence-electron chi connectivity index (χ0n) is 28.7. The average molecular weight is 632 g/mol. The van der Waals surface area contributed by atoms with E-state index in [2.05, 4.69) is 209 Å². The Labute approximate surface area is 291 Å². The van der Waals surface area contributed by atoms with Crippen molar-refractivity contribution in [3.05, 3.63) is 187 Å². The first-order chi connectivity index (χ1) is 23.8. The summed E-state index contributed by atoms with van der Waals surface area (Å²) >= 11 is 0. The molecule has 0 amide bonds. The molecule has 0 spiro atoms. The molecule has 49 heavy (non-hydrogen) atoms. The maximum absolute atomic E-state index is 2.46. The summed E-state index contributed by atoms with van der Waals surface area (Å²) in [6, 6.07) is 64.0. The van der Waals surface area contributed by atoms with Crippen LogP contribution in [0.15, 0.2) is 176 Å². The highest BCUT2D eigenvalue weighted by Crippen LogP contribution is 2.55. The third-order valence-corrected chi connectivity index (χ3v) is 11.0. The maximum atomic E-state index is 2.46. The quantitative estimate of drug-likeness (QED) is 0.176. The largest absolute Gasteiger partial charge is 0.310 e. The Morgan fingerprint density at radius 3 is 1.41 bits per heavy atom. The van der Waals surface area contributed by atoms with Gasteiger partial charge in [-0.25, -0.2) is 0 Å². The topological polar surface area (TPSA) is 3.24 Å². The molecule has 0 aliphatic heterocycles. The molecule has 1 heteroatoms. The Kier molecular flexibility index (Phi) is 7.57. The van der Waals surface area contributed by atoms with Crippen LogP contribution in [0.5, 0.6) is 0 Å². The van der Waals surface area contributed by atoms with Crippen LogP contribution < -0.4 is 4.90 Å². The highest BCUT2D eigenvalue weighted by Gasteiger charge is 2.46. The molecular weight excluding hydrogens is 591 g/mol. The lowest BCUT2D eigenvalue weighted by molar-refractivity contribution is 0.299. The van der Waals surface area contributed by atoms with Crippen LogP contribution in [0.1, 0.15) is 38.8 Å². The molecule has 0 N–H and O–H groups in total. The van der Waals surface area contributed by atoms with Crippen molar-refractivity contribution in [3.8, 4) is 44.5 Å². The molecule has 7 aromatic carbocycles. The van der Waals surface area contributed by atoms with Crippen molar-refractivity contribution in [2.24, 2.45) is 0 Å². The van der Waals surface area contributed by atoms with Gasteiger partial charge in [-0.1, -0.05) is 149 Å². The highest BCUT2D eigenvalue weighted by atomic mass is 15.1. The van der Waals surface area contributed by atoms with Gasteiger partial charge in [-0.3, -0.25) is 0 Å². The molecule has 0 bridgehead atoms. The van der Waals surface area contributed by atoms with Gasteiger partial charge in [0.1, 0.15) is 0 Å². The van der Waals surface area contributed by atoms with Crippen LogP contribution in [0, 0.1) is 0 Å². The van der Waals surface area contributed by atoms with Crippen molar-refractivity contribution in [2.75, 3.05) is 4.90 Å². The van der Waals surface area contributed by atoms with Crippen LogP contribution in [-0.2, 0) is 10.8 Å². The molecule has 1 aliphatic carbocycles. The van der Waals surface area contributed by atoms with E-state index in [1.165, 1.54) is 55.6 Å². The Balaban J connectivity index is 1.22. The van der Waals surface area contributed by atoms with Crippen molar-refractivity contribution >= 4 is 17.1 Å². The Bertz CT molecular complexity index is 2220. The smallest absolute Gasteiger partial charge is 0.0467 e. The van der Waals surface area contributed by atoms with E-state index in [4.69, 9.17) is 0 Å². The highest BCUT2D eigenvalue weighted by molar-refractivity contribution is 5.86. The number of rotatable bonds is 6. The fourth-order valence-corrected chi connectivity index (χ4v) is 7.58. The van der Waals surface area contributed by atoms with E-state index in [-0.39, 0.29) is 10.8 Å². The van der Waals surface area contributed by atoms with Crippen LogP contribution in [0.4, 0.5) is 17.1 Å². The molecule has 0 saturated heterocycles. The predicted molar refractivity (Wildman–Crippen MR) is 209 cm³/mol. The Morgan fingerprint density at radius 2 is 0.755 bits per heavy atom. The number of hydrogen-bond donors (Lipinski definition) is 0. The molecule has 0 unspecified atom stereocenters. The molecule has 0 fully saturated rings. The predicted octanol–water partition coefficient (Wildman–Crippen LogP) is 13.4. The lowest BCUT2D eigenvalue weighted by Crippen LogP contribution is -2.43. The monoisotopic (exact) mass is 631 g/mol. The number of anilines is 3. The van der Waals surface area contributed by atoms with Gasteiger partial charge in [0, 0.05) is 17.1 Å². The minimum absolute atomic E-state index is 0.0718. The first kappa shape index (κ1) is 30.7. The molecule has 8 rings (SSSR count). The first-order valence-corrected chi connectivity index (χ1v) is 17.3. The summed E-state index contributed by atoms with van der Waals surface area (Å²) < 4.78 is 0. The van der Waals surface area contributed by atoms with Gasteiger partial charge >= 0.3 is 0 Å². The van der Waals surface area contributed by atoms with E-state index < -0.39 is 0 Å². The summed E-state index contributed by atoms with van der Waals surface area (Å²) in [5, 5.41) is 0. The number of para-hydroxylation sites is 2. The first-order valence-electron chi connectivity index (χ1n) is 17.3. The summed E-state index contributed by atoms with van der Waals surface area (Å²) in [6.07, 6.45) is 0. The van der Waals surface area contributed by atoms with Crippen LogP contribution in [0.25, 0.3) is 44.5 Å². The fraction of sp³-hybridized carbons (Fsp3) is 0.125. The van der Waals surface area contributed by atoms with Crippen molar-refractivity contribution in [1.82, 2.24) is 0 Å². The molecule has 238 valence electrons. The van der Waals surface area contributed by atoms with Crippen molar-refractivity contribution in [2.45, 2.75) is 38.5 Å². The molecule has 0 radical (unpaired) electrons. The third-order valence-electron chi connectivity index (χ3n) is 11.0. The average Bonchev–Trinajstić information content (AvgIpc) is 3.15. The van der Waals surface area contributed by atoms with E-state index in [0.29, 0.717) is 0 Å². The zero-order chi connectivity index (χ0) is 33.6. The summed E-state index contributed by atoms with van der Waals surface area (Å²) in [6.45, 7) is 9.66. The number of benzene rings is 7. The summed E-state index contributed by atoms with van der Waals surface area (Å²) in [7, 11) is 0.